The maximum atomic E-state index is 13.2. The molecule has 0 bridgehead atoms. The number of furan rings is 1. The Morgan fingerprint density at radius 3 is 2.34 bits per heavy atom. The molecule has 2 aliphatic heterocycles. The highest BCUT2D eigenvalue weighted by Crippen LogP contribution is 2.30. The molecular formula is C22H26FN3O3. The average molecular weight is 399 g/mol. The zero-order valence-electron chi connectivity index (χ0n) is 16.9. The first-order valence-corrected chi connectivity index (χ1v) is 10.0. The Labute approximate surface area is 169 Å². The number of hydrogen-bond donors (Lipinski definition) is 0. The zero-order valence-corrected chi connectivity index (χ0v) is 16.9. The predicted molar refractivity (Wildman–Crippen MR) is 106 cm³/mol. The minimum Gasteiger partial charge on any atom is -0.465 e. The highest BCUT2D eigenvalue weighted by molar-refractivity contribution is 5.97. The molecule has 0 saturated carbocycles. The Kier molecular flexibility index (Phi) is 5.41. The fraction of sp³-hybridized carbons (Fsp3) is 0.455. The molecule has 0 aliphatic carbocycles. The second-order valence-corrected chi connectivity index (χ2v) is 7.82. The third-order valence-electron chi connectivity index (χ3n) is 5.85. The van der Waals surface area contributed by atoms with Crippen molar-refractivity contribution in [3.63, 3.8) is 0 Å². The Bertz CT molecular complexity index is 914. The summed E-state index contributed by atoms with van der Waals surface area (Å²) in [5, 5.41) is 0. The van der Waals surface area contributed by atoms with Crippen LogP contribution >= 0.6 is 0 Å². The van der Waals surface area contributed by atoms with Crippen molar-refractivity contribution >= 4 is 11.8 Å². The molecule has 7 heteroatoms. The van der Waals surface area contributed by atoms with E-state index in [2.05, 4.69) is 4.90 Å². The van der Waals surface area contributed by atoms with Gasteiger partial charge < -0.3 is 14.2 Å². The molecule has 1 saturated heterocycles. The van der Waals surface area contributed by atoms with E-state index in [9.17, 15) is 14.0 Å². The summed E-state index contributed by atoms with van der Waals surface area (Å²) in [4.78, 5) is 30.6. The number of nitrogens with zero attached hydrogens (tertiary/aromatic N) is 3. The van der Waals surface area contributed by atoms with Gasteiger partial charge in [0, 0.05) is 64.7 Å². The summed E-state index contributed by atoms with van der Waals surface area (Å²) in [5.41, 5.74) is 2.68. The fourth-order valence-electron chi connectivity index (χ4n) is 4.23. The molecule has 2 amide bonds. The first-order chi connectivity index (χ1) is 13.9. The van der Waals surface area contributed by atoms with Gasteiger partial charge in [0.05, 0.1) is 5.56 Å². The third-order valence-corrected chi connectivity index (χ3v) is 5.85. The highest BCUT2D eigenvalue weighted by atomic mass is 19.1. The topological polar surface area (TPSA) is 57.0 Å². The summed E-state index contributed by atoms with van der Waals surface area (Å²) in [6.45, 7) is 7.79. The van der Waals surface area contributed by atoms with Gasteiger partial charge >= 0.3 is 0 Å². The highest BCUT2D eigenvalue weighted by Gasteiger charge is 2.32. The summed E-state index contributed by atoms with van der Waals surface area (Å²) in [6, 6.07) is 6.54. The van der Waals surface area contributed by atoms with Gasteiger partial charge in [0.25, 0.3) is 5.91 Å². The van der Waals surface area contributed by atoms with Gasteiger partial charge in [0.2, 0.25) is 5.91 Å². The molecule has 29 heavy (non-hydrogen) atoms. The van der Waals surface area contributed by atoms with Crippen LogP contribution in [0.4, 0.5) is 4.39 Å². The van der Waals surface area contributed by atoms with Crippen LogP contribution in [-0.4, -0.2) is 59.2 Å². The number of hydrogen-bond acceptors (Lipinski definition) is 4. The van der Waals surface area contributed by atoms with Gasteiger partial charge in [0.1, 0.15) is 17.3 Å². The van der Waals surface area contributed by atoms with Crippen molar-refractivity contribution in [2.45, 2.75) is 33.4 Å². The van der Waals surface area contributed by atoms with Crippen LogP contribution in [0.2, 0.25) is 0 Å². The average Bonchev–Trinajstić information content (AvgIpc) is 3.04. The van der Waals surface area contributed by atoms with E-state index in [1.165, 1.54) is 12.1 Å². The van der Waals surface area contributed by atoms with Gasteiger partial charge in [-0.1, -0.05) is 12.1 Å². The molecule has 4 rings (SSSR count). The monoisotopic (exact) mass is 399 g/mol. The number of aryl methyl sites for hydroxylation is 1. The van der Waals surface area contributed by atoms with Crippen LogP contribution < -0.4 is 0 Å². The summed E-state index contributed by atoms with van der Waals surface area (Å²) in [6.07, 6.45) is 0.753. The zero-order chi connectivity index (χ0) is 20.5. The Hall–Kier alpha value is -2.67. The molecule has 0 atom stereocenters. The lowest BCUT2D eigenvalue weighted by Gasteiger charge is -2.34. The number of halogens is 1. The van der Waals surface area contributed by atoms with E-state index in [-0.39, 0.29) is 17.6 Å². The van der Waals surface area contributed by atoms with E-state index >= 15 is 0 Å². The van der Waals surface area contributed by atoms with Gasteiger partial charge in [-0.25, -0.2) is 4.39 Å². The van der Waals surface area contributed by atoms with Crippen LogP contribution in [0.3, 0.4) is 0 Å². The standard InChI is InChI=1S/C22H26FN3O3/c1-15-21(22(28)26-11-9-25(10-12-26)16(2)27)19-14-24(8-7-20(19)29-15)13-17-3-5-18(23)6-4-17/h3-6H,7-14H2,1-2H3. The van der Waals surface area contributed by atoms with Crippen molar-refractivity contribution in [2.24, 2.45) is 0 Å². The second kappa shape index (κ2) is 7.99. The normalized spacial score (nSPS) is 17.3. The maximum absolute atomic E-state index is 13.2. The van der Waals surface area contributed by atoms with Crippen molar-refractivity contribution in [2.75, 3.05) is 32.7 Å². The number of carbonyl (C=O) groups excluding carboxylic acids is 2. The minimum atomic E-state index is -0.238. The van der Waals surface area contributed by atoms with Crippen molar-refractivity contribution in [1.82, 2.24) is 14.7 Å². The molecule has 0 unspecified atom stereocenters. The lowest BCUT2D eigenvalue weighted by molar-refractivity contribution is -0.130. The molecule has 1 fully saturated rings. The molecule has 0 N–H and O–H groups in total. The predicted octanol–water partition coefficient (Wildman–Crippen LogP) is 2.59. The number of benzene rings is 1. The molecule has 2 aliphatic rings. The Morgan fingerprint density at radius 2 is 1.69 bits per heavy atom. The molecule has 3 heterocycles. The molecule has 2 aromatic rings. The van der Waals surface area contributed by atoms with E-state index in [0.717, 1.165) is 29.9 Å². The van der Waals surface area contributed by atoms with E-state index in [0.29, 0.717) is 50.6 Å². The van der Waals surface area contributed by atoms with Gasteiger partial charge in [-0.2, -0.15) is 0 Å². The summed E-state index contributed by atoms with van der Waals surface area (Å²) < 4.78 is 19.1. The number of piperazine rings is 1. The Balaban J connectivity index is 1.49. The van der Waals surface area contributed by atoms with Crippen molar-refractivity contribution in [3.05, 3.63) is 58.3 Å². The second-order valence-electron chi connectivity index (χ2n) is 7.82. The molecule has 0 radical (unpaired) electrons. The molecular weight excluding hydrogens is 373 g/mol. The molecule has 1 aromatic heterocycles. The van der Waals surface area contributed by atoms with Crippen LogP contribution in [0.25, 0.3) is 0 Å². The smallest absolute Gasteiger partial charge is 0.257 e. The lowest BCUT2D eigenvalue weighted by atomic mass is 10.0. The van der Waals surface area contributed by atoms with Gasteiger partial charge in [0.15, 0.2) is 0 Å². The quantitative estimate of drug-likeness (QED) is 0.796. The van der Waals surface area contributed by atoms with E-state index in [1.54, 1.807) is 24.0 Å². The maximum Gasteiger partial charge on any atom is 0.257 e. The van der Waals surface area contributed by atoms with Crippen LogP contribution in [0.5, 0.6) is 0 Å². The van der Waals surface area contributed by atoms with Crippen molar-refractivity contribution < 1.29 is 18.4 Å². The van der Waals surface area contributed by atoms with Crippen LogP contribution in [0, 0.1) is 12.7 Å². The minimum absolute atomic E-state index is 0.0145. The lowest BCUT2D eigenvalue weighted by Crippen LogP contribution is -2.50. The van der Waals surface area contributed by atoms with Crippen LogP contribution in [0.1, 0.15) is 39.9 Å². The molecule has 0 spiro atoms. The summed E-state index contributed by atoms with van der Waals surface area (Å²) in [5.74, 6) is 1.35. The third kappa shape index (κ3) is 4.05. The number of rotatable bonds is 3. The van der Waals surface area contributed by atoms with E-state index < -0.39 is 0 Å². The summed E-state index contributed by atoms with van der Waals surface area (Å²) in [7, 11) is 0. The summed E-state index contributed by atoms with van der Waals surface area (Å²) >= 11 is 0. The van der Waals surface area contributed by atoms with Crippen LogP contribution in [0.15, 0.2) is 28.7 Å². The first-order valence-electron chi connectivity index (χ1n) is 10.0. The van der Waals surface area contributed by atoms with Gasteiger partial charge in [-0.15, -0.1) is 0 Å². The van der Waals surface area contributed by atoms with E-state index in [1.807, 2.05) is 11.8 Å². The Morgan fingerprint density at radius 1 is 1.03 bits per heavy atom. The number of carbonyl (C=O) groups is 2. The molecule has 154 valence electrons. The van der Waals surface area contributed by atoms with E-state index in [4.69, 9.17) is 4.42 Å². The first kappa shape index (κ1) is 19.6. The SMILES string of the molecule is CC(=O)N1CCN(C(=O)c2c(C)oc3c2CN(Cc2ccc(F)cc2)CC3)CC1. The molecule has 6 nitrogen and oxygen atoms in total. The molecule has 1 aromatic carbocycles. The van der Waals surface area contributed by atoms with Gasteiger partial charge in [-0.05, 0) is 24.6 Å². The van der Waals surface area contributed by atoms with Crippen LogP contribution in [-0.2, 0) is 24.3 Å². The fourth-order valence-corrected chi connectivity index (χ4v) is 4.23. The van der Waals surface area contributed by atoms with Crippen molar-refractivity contribution in [3.8, 4) is 0 Å². The largest absolute Gasteiger partial charge is 0.465 e. The number of amides is 2. The van der Waals surface area contributed by atoms with Crippen molar-refractivity contribution in [1.29, 1.82) is 0 Å². The van der Waals surface area contributed by atoms with Gasteiger partial charge in [-0.3, -0.25) is 14.5 Å². The number of fused-ring (bicyclic) bond motifs is 1.